The van der Waals surface area contributed by atoms with Crippen LogP contribution in [0.5, 0.6) is 0 Å². The summed E-state index contributed by atoms with van der Waals surface area (Å²) in [6, 6.07) is 27.0. The molecular weight excluding hydrogens is 446 g/mol. The van der Waals surface area contributed by atoms with Gasteiger partial charge in [0.15, 0.2) is 0 Å². The minimum Gasteiger partial charge on any atom is -0.455 e. The molecule has 0 aliphatic rings. The second-order valence-electron chi connectivity index (χ2n) is 10.2. The number of furan rings is 1. The van der Waals surface area contributed by atoms with Gasteiger partial charge in [0.1, 0.15) is 11.2 Å². The van der Waals surface area contributed by atoms with Crippen LogP contribution in [0.3, 0.4) is 0 Å². The van der Waals surface area contributed by atoms with Crippen molar-refractivity contribution in [2.45, 2.75) is 27.1 Å². The predicted molar refractivity (Wildman–Crippen MR) is 151 cm³/mol. The Morgan fingerprint density at radius 1 is 0.771 bits per heavy atom. The van der Waals surface area contributed by atoms with Crippen LogP contribution in [-0.2, 0) is 6.37 Å². The summed E-state index contributed by atoms with van der Waals surface area (Å²) in [5.74, 6) is 0. The Bertz CT molecular complexity index is 2010. The molecule has 0 radical (unpaired) electrons. The highest BCUT2D eigenvalue weighted by Crippen LogP contribution is 2.44. The predicted octanol–water partition coefficient (Wildman–Crippen LogP) is 9.76. The number of rotatable bonds is 2. The Kier molecular flexibility index (Phi) is 3.94. The zero-order chi connectivity index (χ0) is 25.5. The number of hydrogen-bond acceptors (Lipinski definition) is 3. The number of para-hydroxylation sites is 1. The van der Waals surface area contributed by atoms with Crippen molar-refractivity contribution >= 4 is 64.2 Å². The third-order valence-corrected chi connectivity index (χ3v) is 7.84. The van der Waals surface area contributed by atoms with Crippen molar-refractivity contribution in [3.05, 3.63) is 90.6 Å². The van der Waals surface area contributed by atoms with E-state index in [1.54, 1.807) is 23.6 Å². The standard InChI is InChI=1S/C32H25NOS/c1-32(2,3)18-19-15-16-33-27(17-19)26-9-6-8-23-25-14-12-22-24(30(25)35-31(23)26)13-11-21-20-7-4-5-10-28(20)34-29(21)22/h4-17H,18H2,1-3H3/i18D2. The van der Waals surface area contributed by atoms with E-state index < -0.39 is 11.8 Å². The fourth-order valence-corrected chi connectivity index (χ4v) is 6.48. The molecule has 0 saturated heterocycles. The van der Waals surface area contributed by atoms with Gasteiger partial charge < -0.3 is 4.42 Å². The zero-order valence-corrected chi connectivity index (χ0v) is 20.7. The fraction of sp³-hybridized carbons (Fsp3) is 0.156. The summed E-state index contributed by atoms with van der Waals surface area (Å²) in [6.07, 6.45) is 0.251. The number of benzene rings is 4. The Balaban J connectivity index is 1.48. The summed E-state index contributed by atoms with van der Waals surface area (Å²) in [6.45, 7) is 5.80. The molecule has 0 fully saturated rings. The van der Waals surface area contributed by atoms with E-state index in [-0.39, 0.29) is 0 Å². The molecule has 0 bridgehead atoms. The van der Waals surface area contributed by atoms with Gasteiger partial charge in [-0.05, 0) is 47.7 Å². The maximum atomic E-state index is 8.76. The van der Waals surface area contributed by atoms with Crippen molar-refractivity contribution in [3.8, 4) is 11.3 Å². The highest BCUT2D eigenvalue weighted by atomic mass is 32.1. The molecule has 0 N–H and O–H groups in total. The summed E-state index contributed by atoms with van der Waals surface area (Å²) in [5, 5.41) is 6.98. The van der Waals surface area contributed by atoms with Crippen molar-refractivity contribution < 1.29 is 7.16 Å². The Morgan fingerprint density at radius 3 is 2.29 bits per heavy atom. The first-order valence-corrected chi connectivity index (χ1v) is 12.7. The lowest BCUT2D eigenvalue weighted by Gasteiger charge is -2.18. The van der Waals surface area contributed by atoms with Crippen LogP contribution in [0.1, 0.15) is 29.1 Å². The first-order chi connectivity index (χ1) is 17.7. The van der Waals surface area contributed by atoms with Crippen molar-refractivity contribution in [3.63, 3.8) is 0 Å². The summed E-state index contributed by atoms with van der Waals surface area (Å²) >= 11 is 1.77. The average molecular weight is 474 g/mol. The molecule has 3 aromatic heterocycles. The summed E-state index contributed by atoms with van der Waals surface area (Å²) in [5.41, 5.74) is 3.79. The summed E-state index contributed by atoms with van der Waals surface area (Å²) in [7, 11) is 0. The molecule has 35 heavy (non-hydrogen) atoms. The molecule has 170 valence electrons. The SMILES string of the molecule is [2H]C([2H])(c1ccnc(-c2cccc3c2sc2c3ccc3c2ccc2c4ccccc4oc23)c1)C(C)(C)C. The zero-order valence-electron chi connectivity index (χ0n) is 21.8. The maximum absolute atomic E-state index is 8.76. The van der Waals surface area contributed by atoms with Gasteiger partial charge in [0.25, 0.3) is 0 Å². The Morgan fingerprint density at radius 2 is 1.46 bits per heavy atom. The number of nitrogens with zero attached hydrogens (tertiary/aromatic N) is 1. The molecule has 0 unspecified atom stereocenters. The molecule has 0 aliphatic heterocycles. The minimum atomic E-state index is -1.48. The highest BCUT2D eigenvalue weighted by Gasteiger charge is 2.17. The third kappa shape index (κ3) is 3.26. The van der Waals surface area contributed by atoms with Crippen LogP contribution in [0.25, 0.3) is 64.1 Å². The molecule has 0 amide bonds. The lowest BCUT2D eigenvalue weighted by molar-refractivity contribution is 0.411. The van der Waals surface area contributed by atoms with E-state index in [1.165, 1.54) is 20.9 Å². The molecule has 0 aliphatic carbocycles. The average Bonchev–Trinajstić information content (AvgIpc) is 3.46. The van der Waals surface area contributed by atoms with Crippen molar-refractivity contribution in [2.24, 2.45) is 5.41 Å². The molecule has 3 heteroatoms. The van der Waals surface area contributed by atoms with Gasteiger partial charge in [-0.15, -0.1) is 11.3 Å². The van der Waals surface area contributed by atoms with Crippen molar-refractivity contribution in [2.75, 3.05) is 0 Å². The quantitative estimate of drug-likeness (QED) is 0.250. The molecule has 3 heterocycles. The van der Waals surface area contributed by atoms with E-state index in [0.717, 1.165) is 43.3 Å². The van der Waals surface area contributed by atoms with Crippen molar-refractivity contribution in [1.29, 1.82) is 0 Å². The minimum absolute atomic E-state index is 0.532. The van der Waals surface area contributed by atoms with Crippen LogP contribution >= 0.6 is 11.3 Å². The van der Waals surface area contributed by atoms with Gasteiger partial charge in [-0.3, -0.25) is 4.98 Å². The Labute approximate surface area is 210 Å². The van der Waals surface area contributed by atoms with Gasteiger partial charge >= 0.3 is 0 Å². The maximum Gasteiger partial charge on any atom is 0.143 e. The van der Waals surface area contributed by atoms with Gasteiger partial charge in [0.05, 0.1) is 5.69 Å². The molecule has 0 saturated carbocycles. The number of thiophene rings is 1. The van der Waals surface area contributed by atoms with E-state index in [0.29, 0.717) is 5.56 Å². The van der Waals surface area contributed by atoms with E-state index >= 15 is 0 Å². The lowest BCUT2D eigenvalue weighted by Crippen LogP contribution is -2.09. The van der Waals surface area contributed by atoms with Gasteiger partial charge in [0, 0.05) is 56.2 Å². The molecule has 2 nitrogen and oxygen atoms in total. The number of aromatic nitrogens is 1. The van der Waals surface area contributed by atoms with Gasteiger partial charge in [-0.25, -0.2) is 0 Å². The topological polar surface area (TPSA) is 26.0 Å². The van der Waals surface area contributed by atoms with Gasteiger partial charge in [-0.1, -0.05) is 69.3 Å². The molecule has 4 aromatic carbocycles. The molecular formula is C32H25NOS. The van der Waals surface area contributed by atoms with E-state index in [9.17, 15) is 0 Å². The van der Waals surface area contributed by atoms with Gasteiger partial charge in [0.2, 0.25) is 0 Å². The summed E-state index contributed by atoms with van der Waals surface area (Å²) in [4.78, 5) is 4.68. The van der Waals surface area contributed by atoms with E-state index in [1.807, 2.05) is 45.0 Å². The smallest absolute Gasteiger partial charge is 0.143 e. The first-order valence-electron chi connectivity index (χ1n) is 12.9. The lowest BCUT2D eigenvalue weighted by atomic mass is 9.88. The summed E-state index contributed by atoms with van der Waals surface area (Å²) < 4.78 is 26.2. The molecule has 0 atom stereocenters. The van der Waals surface area contributed by atoms with Crippen LogP contribution in [0.15, 0.2) is 89.5 Å². The second-order valence-corrected chi connectivity index (χ2v) is 11.2. The molecule has 7 aromatic rings. The number of fused-ring (bicyclic) bond motifs is 9. The normalized spacial score (nSPS) is 13.8. The molecule has 0 spiro atoms. The van der Waals surface area contributed by atoms with E-state index in [4.69, 9.17) is 7.16 Å². The Hall–Kier alpha value is -3.69. The first kappa shape index (κ1) is 18.6. The number of hydrogen-bond donors (Lipinski definition) is 0. The third-order valence-electron chi connectivity index (χ3n) is 6.56. The monoisotopic (exact) mass is 473 g/mol. The van der Waals surface area contributed by atoms with Crippen LogP contribution in [-0.4, -0.2) is 4.98 Å². The van der Waals surface area contributed by atoms with E-state index in [2.05, 4.69) is 53.5 Å². The van der Waals surface area contributed by atoms with Crippen LogP contribution in [0, 0.1) is 5.41 Å². The second kappa shape index (κ2) is 7.40. The highest BCUT2D eigenvalue weighted by molar-refractivity contribution is 7.27. The van der Waals surface area contributed by atoms with Crippen LogP contribution in [0.4, 0.5) is 0 Å². The number of pyridine rings is 1. The van der Waals surface area contributed by atoms with Crippen LogP contribution < -0.4 is 0 Å². The largest absolute Gasteiger partial charge is 0.455 e. The fourth-order valence-electron chi connectivity index (χ4n) is 5.13. The van der Waals surface area contributed by atoms with Crippen molar-refractivity contribution in [1.82, 2.24) is 4.98 Å². The molecule has 7 rings (SSSR count). The van der Waals surface area contributed by atoms with Crippen LogP contribution in [0.2, 0.25) is 0 Å². The van der Waals surface area contributed by atoms with Gasteiger partial charge in [-0.2, -0.15) is 0 Å².